The first-order valence-corrected chi connectivity index (χ1v) is 13.3. The predicted octanol–water partition coefficient (Wildman–Crippen LogP) is 3.81. The van der Waals surface area contributed by atoms with Gasteiger partial charge in [0, 0.05) is 12.5 Å². The minimum absolute atomic E-state index is 0.0539. The third-order valence-electron chi connectivity index (χ3n) is 7.19. The molecule has 1 fully saturated rings. The maximum Gasteiger partial charge on any atom is 0.243 e. The summed E-state index contributed by atoms with van der Waals surface area (Å²) in [5, 5.41) is 8.74. The SMILES string of the molecule is CCCCCCC1CCC/C=C\CC2(CCNC2=O)C[C@@H](C=O)NC(=O)[C@H](CC(C)C)NC1=O. The zero-order valence-corrected chi connectivity index (χ0v) is 21.4. The molecule has 2 aliphatic rings. The van der Waals surface area contributed by atoms with E-state index < -0.39 is 17.5 Å². The van der Waals surface area contributed by atoms with Crippen LogP contribution in [0.15, 0.2) is 12.2 Å². The Morgan fingerprint density at radius 3 is 2.53 bits per heavy atom. The van der Waals surface area contributed by atoms with Crippen LogP contribution in [0.4, 0.5) is 0 Å². The first-order valence-electron chi connectivity index (χ1n) is 13.3. The van der Waals surface area contributed by atoms with Crippen molar-refractivity contribution in [1.82, 2.24) is 16.0 Å². The molecular formula is C27H45N3O4. The van der Waals surface area contributed by atoms with Crippen LogP contribution in [0.3, 0.4) is 0 Å². The van der Waals surface area contributed by atoms with Gasteiger partial charge in [-0.25, -0.2) is 0 Å². The second-order valence-electron chi connectivity index (χ2n) is 10.6. The quantitative estimate of drug-likeness (QED) is 0.282. The molecule has 0 aliphatic carbocycles. The molecule has 3 N–H and O–H groups in total. The first kappa shape index (κ1) is 28.1. The van der Waals surface area contributed by atoms with Crippen molar-refractivity contribution in [3.63, 3.8) is 0 Å². The van der Waals surface area contributed by atoms with Gasteiger partial charge < -0.3 is 20.7 Å². The third kappa shape index (κ3) is 8.55. The average molecular weight is 476 g/mol. The van der Waals surface area contributed by atoms with Gasteiger partial charge in [-0.3, -0.25) is 14.4 Å². The third-order valence-corrected chi connectivity index (χ3v) is 7.19. The van der Waals surface area contributed by atoms with E-state index in [0.29, 0.717) is 25.8 Å². The summed E-state index contributed by atoms with van der Waals surface area (Å²) in [5.74, 6) is -0.381. The van der Waals surface area contributed by atoms with Gasteiger partial charge in [0.25, 0.3) is 0 Å². The zero-order valence-electron chi connectivity index (χ0n) is 21.4. The Morgan fingerprint density at radius 1 is 1.09 bits per heavy atom. The number of nitrogens with one attached hydrogen (secondary N) is 3. The molecule has 7 nitrogen and oxygen atoms in total. The van der Waals surface area contributed by atoms with Gasteiger partial charge in [-0.2, -0.15) is 0 Å². The van der Waals surface area contributed by atoms with E-state index in [9.17, 15) is 19.2 Å². The Labute approximate surface area is 205 Å². The first-order chi connectivity index (χ1) is 16.3. The lowest BCUT2D eigenvalue weighted by atomic mass is 9.77. The van der Waals surface area contributed by atoms with Gasteiger partial charge in [0.2, 0.25) is 17.7 Å². The highest BCUT2D eigenvalue weighted by Crippen LogP contribution is 2.36. The standard InChI is InChI=1S/C27H45N3O4/c1-4-5-6-9-12-21-13-10-7-8-11-14-27(15-16-28-26(27)34)18-22(19-31)29-25(33)23(17-20(2)3)30-24(21)32/h8,11,19-23H,4-7,9-10,12-18H2,1-3H3,(H,28,34)(H,29,33)(H,30,32)/b11-8-/t21?,22-,23-,27?/m0/s1. The number of carbonyl (C=O) groups excluding carboxylic acids is 4. The fourth-order valence-electron chi connectivity index (χ4n) is 5.15. The number of rotatable bonds is 8. The molecule has 34 heavy (non-hydrogen) atoms. The van der Waals surface area contributed by atoms with Gasteiger partial charge >= 0.3 is 0 Å². The van der Waals surface area contributed by atoms with Crippen molar-refractivity contribution >= 4 is 24.0 Å². The fourth-order valence-corrected chi connectivity index (χ4v) is 5.15. The molecule has 0 aromatic heterocycles. The summed E-state index contributed by atoms with van der Waals surface area (Å²) in [5.41, 5.74) is -0.686. The largest absolute Gasteiger partial charge is 0.356 e. The van der Waals surface area contributed by atoms with Crippen molar-refractivity contribution in [3.8, 4) is 0 Å². The average Bonchev–Trinajstić information content (AvgIpc) is 3.15. The second kappa shape index (κ2) is 14.3. The highest BCUT2D eigenvalue weighted by molar-refractivity contribution is 5.90. The lowest BCUT2D eigenvalue weighted by Gasteiger charge is -2.29. The van der Waals surface area contributed by atoms with Crippen LogP contribution in [0.5, 0.6) is 0 Å². The molecule has 3 amide bonds. The molecule has 4 atom stereocenters. The molecule has 192 valence electrons. The Balaban J connectivity index is 2.24. The minimum atomic E-state index is -0.772. The number of aldehydes is 1. The summed E-state index contributed by atoms with van der Waals surface area (Å²) >= 11 is 0. The van der Waals surface area contributed by atoms with Gasteiger partial charge in [0.05, 0.1) is 11.5 Å². The number of carbonyl (C=O) groups is 4. The van der Waals surface area contributed by atoms with Crippen LogP contribution in [0, 0.1) is 17.3 Å². The maximum absolute atomic E-state index is 13.2. The van der Waals surface area contributed by atoms with E-state index >= 15 is 0 Å². The van der Waals surface area contributed by atoms with Crippen LogP contribution in [-0.4, -0.2) is 42.6 Å². The Kier molecular flexibility index (Phi) is 11.8. The number of hydrogen-bond acceptors (Lipinski definition) is 4. The predicted molar refractivity (Wildman–Crippen MR) is 134 cm³/mol. The Hall–Kier alpha value is -2.18. The van der Waals surface area contributed by atoms with Crippen LogP contribution in [0.2, 0.25) is 0 Å². The smallest absolute Gasteiger partial charge is 0.243 e. The highest BCUT2D eigenvalue weighted by atomic mass is 16.2. The number of amides is 3. The van der Waals surface area contributed by atoms with Crippen LogP contribution in [-0.2, 0) is 19.2 Å². The number of allylic oxidation sites excluding steroid dienone is 2. The summed E-state index contributed by atoms with van der Waals surface area (Å²) in [6.07, 6.45) is 14.6. The van der Waals surface area contributed by atoms with Crippen LogP contribution >= 0.6 is 0 Å². The van der Waals surface area contributed by atoms with Crippen LogP contribution < -0.4 is 16.0 Å². The highest BCUT2D eigenvalue weighted by Gasteiger charge is 2.43. The molecular weight excluding hydrogens is 430 g/mol. The van der Waals surface area contributed by atoms with Crippen LogP contribution in [0.25, 0.3) is 0 Å². The summed E-state index contributed by atoms with van der Waals surface area (Å²) in [7, 11) is 0. The van der Waals surface area contributed by atoms with Crippen LogP contribution in [0.1, 0.15) is 97.8 Å². The summed E-state index contributed by atoms with van der Waals surface area (Å²) in [6.45, 7) is 6.78. The van der Waals surface area contributed by atoms with E-state index in [1.165, 1.54) is 0 Å². The second-order valence-corrected chi connectivity index (χ2v) is 10.6. The molecule has 2 aliphatic heterocycles. The topological polar surface area (TPSA) is 104 Å². The molecule has 1 spiro atoms. The zero-order chi connectivity index (χ0) is 25.0. The van der Waals surface area contributed by atoms with Gasteiger partial charge in [-0.1, -0.05) is 58.6 Å². The normalized spacial score (nSPS) is 30.2. The van der Waals surface area contributed by atoms with Crippen molar-refractivity contribution in [2.75, 3.05) is 6.54 Å². The molecule has 0 aromatic carbocycles. The van der Waals surface area contributed by atoms with Gasteiger partial charge in [0.15, 0.2) is 0 Å². The Bertz CT molecular complexity index is 721. The molecule has 0 saturated carbocycles. The molecule has 2 heterocycles. The van der Waals surface area contributed by atoms with E-state index in [0.717, 1.165) is 57.7 Å². The van der Waals surface area contributed by atoms with E-state index in [1.54, 1.807) is 0 Å². The lowest BCUT2D eigenvalue weighted by Crippen LogP contribution is -2.53. The molecule has 0 aromatic rings. The monoisotopic (exact) mass is 475 g/mol. The molecule has 0 radical (unpaired) electrons. The van der Waals surface area contributed by atoms with Crippen molar-refractivity contribution in [1.29, 1.82) is 0 Å². The molecule has 0 bridgehead atoms. The van der Waals surface area contributed by atoms with Crippen molar-refractivity contribution in [2.24, 2.45) is 17.3 Å². The summed E-state index contributed by atoms with van der Waals surface area (Å²) < 4.78 is 0. The van der Waals surface area contributed by atoms with E-state index in [1.807, 2.05) is 19.9 Å². The molecule has 7 heteroatoms. The number of unbranched alkanes of at least 4 members (excludes halogenated alkanes) is 3. The fraction of sp³-hybridized carbons (Fsp3) is 0.778. The minimum Gasteiger partial charge on any atom is -0.356 e. The molecule has 2 unspecified atom stereocenters. The van der Waals surface area contributed by atoms with Crippen molar-refractivity contribution in [3.05, 3.63) is 12.2 Å². The van der Waals surface area contributed by atoms with E-state index in [2.05, 4.69) is 29.0 Å². The van der Waals surface area contributed by atoms with Crippen molar-refractivity contribution in [2.45, 2.75) is 110 Å². The summed E-state index contributed by atoms with van der Waals surface area (Å²) in [4.78, 5) is 51.0. The van der Waals surface area contributed by atoms with E-state index in [-0.39, 0.29) is 36.0 Å². The van der Waals surface area contributed by atoms with Gasteiger partial charge in [0.1, 0.15) is 12.3 Å². The Morgan fingerprint density at radius 2 is 1.88 bits per heavy atom. The van der Waals surface area contributed by atoms with Gasteiger partial charge in [-0.05, 0) is 57.3 Å². The maximum atomic E-state index is 13.2. The van der Waals surface area contributed by atoms with Crippen molar-refractivity contribution < 1.29 is 19.2 Å². The number of hydrogen-bond donors (Lipinski definition) is 3. The summed E-state index contributed by atoms with van der Waals surface area (Å²) in [6, 6.07) is -1.46. The van der Waals surface area contributed by atoms with Gasteiger partial charge in [-0.15, -0.1) is 0 Å². The lowest BCUT2D eigenvalue weighted by molar-refractivity contribution is -0.133. The van der Waals surface area contributed by atoms with E-state index in [4.69, 9.17) is 0 Å². The molecule has 1 saturated heterocycles. The molecule has 2 rings (SSSR count).